The van der Waals surface area contributed by atoms with Crippen LogP contribution in [0.25, 0.3) is 0 Å². The van der Waals surface area contributed by atoms with Crippen molar-refractivity contribution in [1.82, 2.24) is 0 Å². The maximum Gasteiger partial charge on any atom is 0.269 e. The molecule has 0 unspecified atom stereocenters. The summed E-state index contributed by atoms with van der Waals surface area (Å²) in [5.74, 6) is 2.47. The van der Waals surface area contributed by atoms with Gasteiger partial charge < -0.3 is 29.0 Å². The minimum atomic E-state index is -1.29. The monoisotopic (exact) mass is 476 g/mol. The lowest BCUT2D eigenvalue weighted by molar-refractivity contribution is -0.384. The average Bonchev–Trinajstić information content (AvgIpc) is 3.57. The minimum Gasteiger partial charge on any atom is -0.454 e. The topological polar surface area (TPSA) is 104 Å². The molecule has 9 nitrogen and oxygen atoms in total. The van der Waals surface area contributed by atoms with Gasteiger partial charge in [-0.2, -0.15) is 0 Å². The molecular formula is C26H24N2O7. The molecule has 3 aliphatic heterocycles. The van der Waals surface area contributed by atoms with Crippen LogP contribution in [0.4, 0.5) is 11.4 Å². The van der Waals surface area contributed by atoms with E-state index in [1.54, 1.807) is 12.1 Å². The highest BCUT2D eigenvalue weighted by atomic mass is 16.7. The van der Waals surface area contributed by atoms with Crippen LogP contribution in [0, 0.1) is 16.0 Å². The number of hydrogen-bond donors (Lipinski definition) is 1. The molecular weight excluding hydrogens is 452 g/mol. The van der Waals surface area contributed by atoms with Crippen molar-refractivity contribution in [3.63, 3.8) is 0 Å². The van der Waals surface area contributed by atoms with Gasteiger partial charge in [-0.1, -0.05) is 12.1 Å². The van der Waals surface area contributed by atoms with Crippen LogP contribution in [-0.4, -0.2) is 36.7 Å². The molecule has 0 spiro atoms. The molecule has 0 aliphatic carbocycles. The van der Waals surface area contributed by atoms with Crippen molar-refractivity contribution >= 4 is 11.4 Å². The number of non-ortho nitro benzene ring substituents is 1. The molecule has 3 aromatic carbocycles. The van der Waals surface area contributed by atoms with E-state index in [2.05, 4.69) is 4.90 Å². The summed E-state index contributed by atoms with van der Waals surface area (Å²) in [4.78, 5) is 12.8. The van der Waals surface area contributed by atoms with Gasteiger partial charge in [-0.05, 0) is 66.3 Å². The molecule has 0 radical (unpaired) electrons. The van der Waals surface area contributed by atoms with E-state index in [0.29, 0.717) is 36.1 Å². The van der Waals surface area contributed by atoms with Crippen LogP contribution in [0.1, 0.15) is 24.0 Å². The van der Waals surface area contributed by atoms with Crippen molar-refractivity contribution in [3.8, 4) is 23.0 Å². The fourth-order valence-electron chi connectivity index (χ4n) is 5.25. The standard InChI is InChI=1S/C26H24N2O7/c29-26(18-1-7-22-24(13-18)34-15-32-22,19-2-8-23-25(14-19)35-16-33-23)17-9-11-27(12-10-17)20-3-5-21(6-4-20)28(30)31/h1-8,13-14,17,29H,9-12,15-16H2. The molecule has 0 amide bonds. The lowest BCUT2D eigenvalue weighted by Crippen LogP contribution is -2.44. The first-order valence-corrected chi connectivity index (χ1v) is 11.5. The van der Waals surface area contributed by atoms with Crippen LogP contribution in [0.15, 0.2) is 60.7 Å². The number of benzene rings is 3. The molecule has 1 N–H and O–H groups in total. The van der Waals surface area contributed by atoms with Crippen molar-refractivity contribution in [3.05, 3.63) is 81.9 Å². The number of hydrogen-bond acceptors (Lipinski definition) is 8. The van der Waals surface area contributed by atoms with Gasteiger partial charge >= 0.3 is 0 Å². The van der Waals surface area contributed by atoms with Crippen LogP contribution < -0.4 is 23.8 Å². The van der Waals surface area contributed by atoms with E-state index in [1.807, 2.05) is 36.4 Å². The zero-order chi connectivity index (χ0) is 24.0. The molecule has 180 valence electrons. The molecule has 35 heavy (non-hydrogen) atoms. The Hall–Kier alpha value is -3.98. The van der Waals surface area contributed by atoms with E-state index in [4.69, 9.17) is 18.9 Å². The number of fused-ring (bicyclic) bond motifs is 2. The van der Waals surface area contributed by atoms with Crippen LogP contribution >= 0.6 is 0 Å². The average molecular weight is 476 g/mol. The van der Waals surface area contributed by atoms with E-state index >= 15 is 0 Å². The Balaban J connectivity index is 1.31. The van der Waals surface area contributed by atoms with Crippen LogP contribution in [0.3, 0.4) is 0 Å². The predicted molar refractivity (Wildman–Crippen MR) is 126 cm³/mol. The fourth-order valence-corrected chi connectivity index (χ4v) is 5.25. The normalized spacial score (nSPS) is 17.0. The van der Waals surface area contributed by atoms with Crippen molar-refractivity contribution in [2.24, 2.45) is 5.92 Å². The lowest BCUT2D eigenvalue weighted by Gasteiger charge is -2.43. The first kappa shape index (κ1) is 21.5. The van der Waals surface area contributed by atoms with Crippen molar-refractivity contribution in [2.45, 2.75) is 18.4 Å². The summed E-state index contributed by atoms with van der Waals surface area (Å²) in [6.45, 7) is 1.74. The van der Waals surface area contributed by atoms with Crippen LogP contribution in [0.2, 0.25) is 0 Å². The molecule has 1 fully saturated rings. The highest BCUT2D eigenvalue weighted by Crippen LogP contribution is 2.47. The molecule has 0 aromatic heterocycles. The number of ether oxygens (including phenoxy) is 4. The summed E-state index contributed by atoms with van der Waals surface area (Å²) in [6.07, 6.45) is 1.44. The Morgan fingerprint density at radius 3 is 1.83 bits per heavy atom. The van der Waals surface area contributed by atoms with Crippen LogP contribution in [-0.2, 0) is 5.60 Å². The van der Waals surface area contributed by atoms with Gasteiger partial charge in [-0.25, -0.2) is 0 Å². The summed E-state index contributed by atoms with van der Waals surface area (Å²) >= 11 is 0. The number of nitrogens with zero attached hydrogens (tertiary/aromatic N) is 2. The quantitative estimate of drug-likeness (QED) is 0.432. The van der Waals surface area contributed by atoms with E-state index < -0.39 is 10.5 Å². The summed E-state index contributed by atoms with van der Waals surface area (Å²) in [5.41, 5.74) is 1.18. The van der Waals surface area contributed by atoms with Crippen LogP contribution in [0.5, 0.6) is 23.0 Å². The molecule has 0 atom stereocenters. The number of nitro benzene ring substituents is 1. The molecule has 0 saturated carbocycles. The Bertz CT molecular complexity index is 1210. The Labute approximate surface area is 201 Å². The molecule has 3 aromatic rings. The highest BCUT2D eigenvalue weighted by Gasteiger charge is 2.43. The Morgan fingerprint density at radius 2 is 1.31 bits per heavy atom. The molecule has 1 saturated heterocycles. The maximum absolute atomic E-state index is 12.4. The summed E-state index contributed by atoms with van der Waals surface area (Å²) < 4.78 is 22.1. The maximum atomic E-state index is 12.4. The van der Waals surface area contributed by atoms with Crippen molar-refractivity contribution < 1.29 is 29.0 Å². The summed E-state index contributed by atoms with van der Waals surface area (Å²) in [5, 5.41) is 23.4. The highest BCUT2D eigenvalue weighted by molar-refractivity contribution is 5.54. The minimum absolute atomic E-state index is 0.0728. The third-order valence-corrected chi connectivity index (χ3v) is 7.14. The molecule has 9 heteroatoms. The lowest BCUT2D eigenvalue weighted by atomic mass is 9.72. The van der Waals surface area contributed by atoms with Gasteiger partial charge in [-0.15, -0.1) is 0 Å². The van der Waals surface area contributed by atoms with Gasteiger partial charge in [0.05, 0.1) is 4.92 Å². The van der Waals surface area contributed by atoms with E-state index in [9.17, 15) is 15.2 Å². The molecule has 6 rings (SSSR count). The summed E-state index contributed by atoms with van der Waals surface area (Å²) in [7, 11) is 0. The number of nitro groups is 1. The number of anilines is 1. The zero-order valence-corrected chi connectivity index (χ0v) is 18.9. The predicted octanol–water partition coefficient (Wildman–Crippen LogP) is 4.20. The van der Waals surface area contributed by atoms with Gasteiger partial charge in [0.15, 0.2) is 23.0 Å². The Morgan fingerprint density at radius 1 is 0.800 bits per heavy atom. The zero-order valence-electron chi connectivity index (χ0n) is 18.9. The van der Waals surface area contributed by atoms with E-state index in [-0.39, 0.29) is 25.2 Å². The number of aliphatic hydroxyl groups is 1. The summed E-state index contributed by atoms with van der Waals surface area (Å²) in [6, 6.07) is 17.8. The van der Waals surface area contributed by atoms with Gasteiger partial charge in [0.25, 0.3) is 5.69 Å². The fraction of sp³-hybridized carbons (Fsp3) is 0.308. The largest absolute Gasteiger partial charge is 0.454 e. The van der Waals surface area contributed by atoms with E-state index in [0.717, 1.165) is 29.7 Å². The first-order valence-electron chi connectivity index (χ1n) is 11.5. The second-order valence-corrected chi connectivity index (χ2v) is 8.94. The van der Waals surface area contributed by atoms with Crippen molar-refractivity contribution in [2.75, 3.05) is 31.6 Å². The smallest absolute Gasteiger partial charge is 0.269 e. The third-order valence-electron chi connectivity index (χ3n) is 7.14. The van der Waals surface area contributed by atoms with Gasteiger partial charge in [0, 0.05) is 30.9 Å². The number of piperidine rings is 1. The second-order valence-electron chi connectivity index (χ2n) is 8.94. The van der Waals surface area contributed by atoms with Crippen molar-refractivity contribution in [1.29, 1.82) is 0 Å². The van der Waals surface area contributed by atoms with Gasteiger partial charge in [0.2, 0.25) is 13.6 Å². The van der Waals surface area contributed by atoms with E-state index in [1.165, 1.54) is 12.1 Å². The molecule has 3 aliphatic rings. The second kappa shape index (κ2) is 8.35. The third kappa shape index (κ3) is 3.68. The Kier molecular flexibility index (Phi) is 5.14. The first-order chi connectivity index (χ1) is 17.0. The number of rotatable bonds is 5. The molecule has 3 heterocycles. The van der Waals surface area contributed by atoms with Gasteiger partial charge in [0.1, 0.15) is 5.60 Å². The molecule has 0 bridgehead atoms. The van der Waals surface area contributed by atoms with Gasteiger partial charge in [-0.3, -0.25) is 10.1 Å². The SMILES string of the molecule is O=[N+]([O-])c1ccc(N2CCC(C(O)(c3ccc4c(c3)OCO4)c3ccc4c(c3)OCO4)CC2)cc1.